The van der Waals surface area contributed by atoms with Crippen molar-refractivity contribution in [1.82, 2.24) is 19.7 Å². The van der Waals surface area contributed by atoms with E-state index in [0.717, 1.165) is 22.2 Å². The number of H-pyrrole nitrogens is 1. The molecule has 0 aliphatic rings. The van der Waals surface area contributed by atoms with Crippen LogP contribution in [0, 0.1) is 5.82 Å². The van der Waals surface area contributed by atoms with Crippen LogP contribution in [0.5, 0.6) is 0 Å². The number of Topliss-reactive ketones (excluding diaryl/α,β-unsaturated/α-hetero) is 1. The number of para-hydroxylation sites is 1. The molecule has 5 nitrogen and oxygen atoms in total. The first kappa shape index (κ1) is 19.3. The van der Waals surface area contributed by atoms with Gasteiger partial charge in [0.05, 0.1) is 5.75 Å². The Hall–Kier alpha value is -3.71. The molecule has 0 fully saturated rings. The van der Waals surface area contributed by atoms with E-state index >= 15 is 0 Å². The van der Waals surface area contributed by atoms with Crippen molar-refractivity contribution in [3.63, 3.8) is 0 Å². The topological polar surface area (TPSA) is 63.6 Å². The first-order valence-corrected chi connectivity index (χ1v) is 10.7. The summed E-state index contributed by atoms with van der Waals surface area (Å²) in [6.45, 7) is 0. The van der Waals surface area contributed by atoms with Crippen molar-refractivity contribution in [1.29, 1.82) is 0 Å². The highest BCUT2D eigenvalue weighted by Gasteiger charge is 2.20. The second-order valence-electron chi connectivity index (χ2n) is 6.94. The number of benzene rings is 3. The molecule has 5 aromatic rings. The summed E-state index contributed by atoms with van der Waals surface area (Å²) in [7, 11) is 0. The molecule has 0 radical (unpaired) electrons. The highest BCUT2D eigenvalue weighted by Crippen LogP contribution is 2.32. The number of nitrogens with zero attached hydrogens (tertiary/aromatic N) is 3. The average Bonchev–Trinajstić information content (AvgIpc) is 3.42. The van der Waals surface area contributed by atoms with Crippen molar-refractivity contribution >= 4 is 28.4 Å². The molecular formula is C24H17FN4OS. The van der Waals surface area contributed by atoms with Crippen LogP contribution in [-0.4, -0.2) is 31.3 Å². The smallest absolute Gasteiger partial charge is 0.196 e. The van der Waals surface area contributed by atoms with Gasteiger partial charge in [0.1, 0.15) is 5.82 Å². The molecule has 2 heterocycles. The van der Waals surface area contributed by atoms with Crippen LogP contribution in [0.2, 0.25) is 0 Å². The number of ketones is 1. The highest BCUT2D eigenvalue weighted by atomic mass is 32.2. The first-order valence-electron chi connectivity index (χ1n) is 9.69. The lowest BCUT2D eigenvalue weighted by atomic mass is 10.1. The van der Waals surface area contributed by atoms with Gasteiger partial charge in [0.25, 0.3) is 0 Å². The predicted molar refractivity (Wildman–Crippen MR) is 120 cm³/mol. The van der Waals surface area contributed by atoms with Crippen LogP contribution < -0.4 is 0 Å². The van der Waals surface area contributed by atoms with Gasteiger partial charge in [-0.25, -0.2) is 4.39 Å². The minimum Gasteiger partial charge on any atom is -0.360 e. The fourth-order valence-corrected chi connectivity index (χ4v) is 4.30. The quantitative estimate of drug-likeness (QED) is 0.285. The number of aromatic amines is 1. The number of nitrogens with one attached hydrogen (secondary N) is 1. The molecule has 1 N–H and O–H groups in total. The van der Waals surface area contributed by atoms with Crippen LogP contribution in [0.4, 0.5) is 4.39 Å². The minimum absolute atomic E-state index is 0.00732. The zero-order valence-corrected chi connectivity index (χ0v) is 17.1. The number of thioether (sulfide) groups is 1. The van der Waals surface area contributed by atoms with Gasteiger partial charge in [-0.2, -0.15) is 0 Å². The van der Waals surface area contributed by atoms with Gasteiger partial charge in [0.2, 0.25) is 0 Å². The third kappa shape index (κ3) is 3.75. The molecule has 3 aromatic carbocycles. The molecule has 0 bridgehead atoms. The van der Waals surface area contributed by atoms with Crippen molar-refractivity contribution in [2.24, 2.45) is 0 Å². The van der Waals surface area contributed by atoms with E-state index < -0.39 is 0 Å². The molecule has 31 heavy (non-hydrogen) atoms. The Kier molecular flexibility index (Phi) is 5.09. The summed E-state index contributed by atoms with van der Waals surface area (Å²) >= 11 is 1.31. The Morgan fingerprint density at radius 3 is 2.48 bits per heavy atom. The van der Waals surface area contributed by atoms with Gasteiger partial charge in [-0.1, -0.05) is 60.3 Å². The largest absolute Gasteiger partial charge is 0.360 e. The van der Waals surface area contributed by atoms with Gasteiger partial charge in [-0.15, -0.1) is 10.2 Å². The van der Waals surface area contributed by atoms with Crippen molar-refractivity contribution in [3.8, 4) is 17.1 Å². The third-order valence-electron chi connectivity index (χ3n) is 4.98. The van der Waals surface area contributed by atoms with Gasteiger partial charge in [0.15, 0.2) is 16.8 Å². The summed E-state index contributed by atoms with van der Waals surface area (Å²) < 4.78 is 15.4. The molecule has 152 valence electrons. The fourth-order valence-electron chi connectivity index (χ4n) is 3.45. The Morgan fingerprint density at radius 1 is 0.935 bits per heavy atom. The monoisotopic (exact) mass is 428 g/mol. The Labute approximate surface area is 182 Å². The molecular weight excluding hydrogens is 411 g/mol. The molecule has 2 aromatic heterocycles. The van der Waals surface area contributed by atoms with E-state index in [4.69, 9.17) is 0 Å². The summed E-state index contributed by atoms with van der Waals surface area (Å²) in [6, 6.07) is 23.2. The molecule has 5 rings (SSSR count). The van der Waals surface area contributed by atoms with Gasteiger partial charge in [-0.3, -0.25) is 9.36 Å². The molecule has 7 heteroatoms. The first-order chi connectivity index (χ1) is 15.2. The van der Waals surface area contributed by atoms with Gasteiger partial charge in [-0.05, 0) is 30.3 Å². The lowest BCUT2D eigenvalue weighted by Crippen LogP contribution is -2.05. The summed E-state index contributed by atoms with van der Waals surface area (Å²) in [5, 5.41) is 10.4. The number of halogens is 1. The van der Waals surface area contributed by atoms with Gasteiger partial charge in [0, 0.05) is 33.9 Å². The fraction of sp³-hybridized carbons (Fsp3) is 0.0417. The molecule has 0 unspecified atom stereocenters. The van der Waals surface area contributed by atoms with Crippen LogP contribution in [-0.2, 0) is 0 Å². The lowest BCUT2D eigenvalue weighted by Gasteiger charge is -2.10. The van der Waals surface area contributed by atoms with Crippen molar-refractivity contribution in [2.75, 3.05) is 5.75 Å². The highest BCUT2D eigenvalue weighted by molar-refractivity contribution is 7.99. The molecule has 0 aliphatic heterocycles. The van der Waals surface area contributed by atoms with E-state index in [9.17, 15) is 9.18 Å². The molecule has 0 aliphatic carbocycles. The molecule has 0 amide bonds. The summed E-state index contributed by atoms with van der Waals surface area (Å²) in [5.41, 5.74) is 3.24. The van der Waals surface area contributed by atoms with E-state index in [0.29, 0.717) is 16.5 Å². The lowest BCUT2D eigenvalue weighted by molar-refractivity contribution is 0.102. The number of carbonyl (C=O) groups is 1. The number of hydrogen-bond donors (Lipinski definition) is 1. The Morgan fingerprint density at radius 2 is 1.68 bits per heavy atom. The van der Waals surface area contributed by atoms with Crippen molar-refractivity contribution < 1.29 is 9.18 Å². The van der Waals surface area contributed by atoms with Gasteiger partial charge < -0.3 is 4.98 Å². The third-order valence-corrected chi connectivity index (χ3v) is 5.91. The summed E-state index contributed by atoms with van der Waals surface area (Å²) in [5.74, 6) is 0.530. The molecule has 0 saturated heterocycles. The number of hydrogen-bond acceptors (Lipinski definition) is 4. The van der Waals surface area contributed by atoms with E-state index in [1.54, 1.807) is 24.3 Å². The van der Waals surface area contributed by atoms with Crippen LogP contribution in [0.15, 0.2) is 90.2 Å². The van der Waals surface area contributed by atoms with Crippen molar-refractivity contribution in [3.05, 3.63) is 96.4 Å². The Bertz CT molecular complexity index is 1360. The standard InChI is InChI=1S/C24H17FN4OS/c25-17-10-12-18(13-11-17)29-23(20-14-26-21-9-5-4-8-19(20)21)27-28-24(29)31-15-22(30)16-6-2-1-3-7-16/h1-14,26H,15H2. The summed E-state index contributed by atoms with van der Waals surface area (Å²) in [6.07, 6.45) is 1.89. The normalized spacial score (nSPS) is 11.1. The SMILES string of the molecule is O=C(CSc1nnc(-c2c[nH]c3ccccc23)n1-c1ccc(F)cc1)c1ccccc1. The second kappa shape index (κ2) is 8.20. The van der Waals surface area contributed by atoms with E-state index in [2.05, 4.69) is 15.2 Å². The second-order valence-corrected chi connectivity index (χ2v) is 7.89. The maximum absolute atomic E-state index is 13.6. The van der Waals surface area contributed by atoms with Crippen LogP contribution in [0.3, 0.4) is 0 Å². The molecule has 0 atom stereocenters. The molecule has 0 spiro atoms. The van der Waals surface area contributed by atoms with Crippen LogP contribution in [0.25, 0.3) is 28.0 Å². The average molecular weight is 428 g/mol. The Balaban J connectivity index is 1.56. The minimum atomic E-state index is -0.320. The zero-order valence-electron chi connectivity index (χ0n) is 16.3. The van der Waals surface area contributed by atoms with Gasteiger partial charge >= 0.3 is 0 Å². The van der Waals surface area contributed by atoms with Crippen LogP contribution in [0.1, 0.15) is 10.4 Å². The zero-order chi connectivity index (χ0) is 21.2. The molecule has 0 saturated carbocycles. The maximum Gasteiger partial charge on any atom is 0.196 e. The number of carbonyl (C=O) groups excluding carboxylic acids is 1. The van der Waals surface area contributed by atoms with Crippen LogP contribution >= 0.6 is 11.8 Å². The maximum atomic E-state index is 13.6. The number of rotatable bonds is 6. The summed E-state index contributed by atoms with van der Waals surface area (Å²) in [4.78, 5) is 15.8. The number of aromatic nitrogens is 4. The van der Waals surface area contributed by atoms with E-state index in [-0.39, 0.29) is 17.4 Å². The van der Waals surface area contributed by atoms with E-state index in [1.165, 1.54) is 23.9 Å². The van der Waals surface area contributed by atoms with E-state index in [1.807, 2.05) is 53.2 Å². The number of fused-ring (bicyclic) bond motifs is 1. The predicted octanol–water partition coefficient (Wildman–Crippen LogP) is 5.53. The van der Waals surface area contributed by atoms with Crippen molar-refractivity contribution in [2.45, 2.75) is 5.16 Å².